The van der Waals surface area contributed by atoms with E-state index in [1.165, 1.54) is 22.0 Å². The monoisotopic (exact) mass is 474 g/mol. The minimum Gasteiger partial charge on any atom is -0.352 e. The molecule has 0 spiro atoms. The maximum atomic E-state index is 12.9. The maximum Gasteiger partial charge on any atom is 0.317 e. The average molecular weight is 475 g/mol. The number of para-hydroxylation sites is 2. The van der Waals surface area contributed by atoms with Crippen molar-refractivity contribution < 1.29 is 4.79 Å². The van der Waals surface area contributed by atoms with Crippen LogP contribution in [-0.2, 0) is 13.1 Å². The van der Waals surface area contributed by atoms with Crippen LogP contribution in [0.5, 0.6) is 0 Å². The topological polar surface area (TPSA) is 76.3 Å². The van der Waals surface area contributed by atoms with Crippen LogP contribution in [0.1, 0.15) is 42.1 Å². The fraction of sp³-hybridized carbons (Fsp3) is 0.393. The molecule has 7 heteroatoms. The molecule has 1 amide bonds. The summed E-state index contributed by atoms with van der Waals surface area (Å²) >= 11 is 0. The number of nitrogens with zero attached hydrogens (tertiary/aromatic N) is 3. The molecular formula is C28H34N4O3. The molecule has 2 heterocycles. The lowest BCUT2D eigenvalue weighted by Crippen LogP contribution is -2.41. The molecule has 1 atom stereocenters. The molecule has 2 aromatic carbocycles. The first-order chi connectivity index (χ1) is 17.0. The summed E-state index contributed by atoms with van der Waals surface area (Å²) in [6.45, 7) is 10.5. The Kier molecular flexibility index (Phi) is 7.98. The van der Waals surface area contributed by atoms with Gasteiger partial charge in [0.15, 0.2) is 0 Å². The molecule has 1 N–H and O–H groups in total. The first-order valence-electron chi connectivity index (χ1n) is 12.4. The van der Waals surface area contributed by atoms with Gasteiger partial charge in [-0.15, -0.1) is 6.58 Å². The lowest BCUT2D eigenvalue weighted by Gasteiger charge is -2.30. The number of aromatic nitrogens is 2. The standard InChI is InChI=1S/C28H34N4O3/c1-3-16-31-24-9-4-5-10-25(24)32(28(35)27(31)34)20-22-11-13-23(14-12-22)26(33)29-15-7-18-30-17-6-8-21(2)19-30/h3-5,9-14,21H,1,6-8,15-20H2,2H3,(H,29,33). The number of hydrogen-bond donors (Lipinski definition) is 1. The minimum atomic E-state index is -0.574. The van der Waals surface area contributed by atoms with Crippen molar-refractivity contribution >= 4 is 16.9 Å². The van der Waals surface area contributed by atoms with E-state index in [9.17, 15) is 14.4 Å². The van der Waals surface area contributed by atoms with E-state index in [4.69, 9.17) is 0 Å². The molecule has 1 unspecified atom stereocenters. The van der Waals surface area contributed by atoms with Crippen LogP contribution in [0.4, 0.5) is 0 Å². The Balaban J connectivity index is 1.40. The van der Waals surface area contributed by atoms with Crippen molar-refractivity contribution in [3.05, 3.63) is 93.0 Å². The number of carbonyl (C=O) groups excluding carboxylic acids is 1. The normalized spacial score (nSPS) is 16.3. The van der Waals surface area contributed by atoms with E-state index in [2.05, 4.69) is 23.7 Å². The fourth-order valence-corrected chi connectivity index (χ4v) is 4.88. The van der Waals surface area contributed by atoms with Crippen molar-refractivity contribution in [2.45, 2.75) is 39.3 Å². The van der Waals surface area contributed by atoms with Crippen molar-refractivity contribution in [2.75, 3.05) is 26.2 Å². The number of rotatable bonds is 9. The third kappa shape index (κ3) is 5.80. The van der Waals surface area contributed by atoms with Crippen molar-refractivity contribution in [3.8, 4) is 0 Å². The Morgan fingerprint density at radius 3 is 2.43 bits per heavy atom. The Labute approximate surface area is 205 Å². The second-order valence-corrected chi connectivity index (χ2v) is 9.44. The highest BCUT2D eigenvalue weighted by molar-refractivity contribution is 5.94. The SMILES string of the molecule is C=CCn1c(=O)c(=O)n(Cc2ccc(C(=O)NCCCN3CCCC(C)C3)cc2)c2ccccc21. The van der Waals surface area contributed by atoms with Crippen LogP contribution in [0.15, 0.2) is 70.8 Å². The number of likely N-dealkylation sites (tertiary alicyclic amines) is 1. The van der Waals surface area contributed by atoms with Gasteiger partial charge in [0.2, 0.25) is 0 Å². The Bertz CT molecular complexity index is 1310. The molecule has 4 rings (SSSR count). The summed E-state index contributed by atoms with van der Waals surface area (Å²) in [7, 11) is 0. The summed E-state index contributed by atoms with van der Waals surface area (Å²) in [6.07, 6.45) is 5.11. The molecule has 7 nitrogen and oxygen atoms in total. The van der Waals surface area contributed by atoms with Gasteiger partial charge in [-0.25, -0.2) is 0 Å². The first kappa shape index (κ1) is 24.7. The van der Waals surface area contributed by atoms with Gasteiger partial charge in [-0.1, -0.05) is 37.3 Å². The highest BCUT2D eigenvalue weighted by Crippen LogP contribution is 2.15. The number of hydrogen-bond acceptors (Lipinski definition) is 4. The van der Waals surface area contributed by atoms with Crippen LogP contribution in [0.2, 0.25) is 0 Å². The molecule has 3 aromatic rings. The minimum absolute atomic E-state index is 0.0989. The number of nitrogens with one attached hydrogen (secondary N) is 1. The summed E-state index contributed by atoms with van der Waals surface area (Å²) in [5, 5.41) is 3.00. The van der Waals surface area contributed by atoms with E-state index in [-0.39, 0.29) is 19.0 Å². The Morgan fingerprint density at radius 1 is 1.06 bits per heavy atom. The summed E-state index contributed by atoms with van der Waals surface area (Å²) in [5.74, 6) is 0.660. The smallest absolute Gasteiger partial charge is 0.317 e. The number of benzene rings is 2. The summed E-state index contributed by atoms with van der Waals surface area (Å²) in [6, 6.07) is 14.6. The van der Waals surface area contributed by atoms with Gasteiger partial charge in [-0.2, -0.15) is 0 Å². The molecular weight excluding hydrogens is 440 g/mol. The number of piperidine rings is 1. The van der Waals surface area contributed by atoms with Crippen LogP contribution >= 0.6 is 0 Å². The molecule has 0 bridgehead atoms. The molecule has 1 aliphatic heterocycles. The highest BCUT2D eigenvalue weighted by Gasteiger charge is 2.16. The zero-order valence-corrected chi connectivity index (χ0v) is 20.4. The molecule has 35 heavy (non-hydrogen) atoms. The second kappa shape index (κ2) is 11.3. The summed E-state index contributed by atoms with van der Waals surface area (Å²) in [4.78, 5) is 40.6. The van der Waals surface area contributed by atoms with Crippen LogP contribution in [0.3, 0.4) is 0 Å². The van der Waals surface area contributed by atoms with E-state index in [1.807, 2.05) is 36.4 Å². The van der Waals surface area contributed by atoms with Crippen LogP contribution in [-0.4, -0.2) is 46.1 Å². The zero-order valence-electron chi connectivity index (χ0n) is 20.4. The van der Waals surface area contributed by atoms with Crippen molar-refractivity contribution in [2.24, 2.45) is 5.92 Å². The van der Waals surface area contributed by atoms with Crippen LogP contribution < -0.4 is 16.4 Å². The van der Waals surface area contributed by atoms with Gasteiger partial charge in [0.1, 0.15) is 0 Å². The Hall–Kier alpha value is -3.45. The highest BCUT2D eigenvalue weighted by atomic mass is 16.2. The van der Waals surface area contributed by atoms with E-state index >= 15 is 0 Å². The predicted molar refractivity (Wildman–Crippen MR) is 140 cm³/mol. The summed E-state index contributed by atoms with van der Waals surface area (Å²) < 4.78 is 2.94. The third-order valence-corrected chi connectivity index (χ3v) is 6.68. The first-order valence-corrected chi connectivity index (χ1v) is 12.4. The van der Waals surface area contributed by atoms with Gasteiger partial charge in [0.05, 0.1) is 17.6 Å². The van der Waals surface area contributed by atoms with E-state index in [0.717, 1.165) is 37.5 Å². The summed E-state index contributed by atoms with van der Waals surface area (Å²) in [5.41, 5.74) is 1.65. The van der Waals surface area contributed by atoms with Gasteiger partial charge in [0.25, 0.3) is 5.91 Å². The number of allylic oxidation sites excluding steroid dienone is 1. The van der Waals surface area contributed by atoms with Gasteiger partial charge < -0.3 is 10.2 Å². The average Bonchev–Trinajstić information content (AvgIpc) is 2.87. The fourth-order valence-electron chi connectivity index (χ4n) is 4.88. The molecule has 1 fully saturated rings. The van der Waals surface area contributed by atoms with E-state index < -0.39 is 11.1 Å². The lowest BCUT2D eigenvalue weighted by molar-refractivity contribution is 0.0950. The molecule has 0 radical (unpaired) electrons. The van der Waals surface area contributed by atoms with Gasteiger partial charge in [-0.3, -0.25) is 23.5 Å². The van der Waals surface area contributed by atoms with E-state index in [0.29, 0.717) is 23.1 Å². The molecule has 1 saturated heterocycles. The quantitative estimate of drug-likeness (QED) is 0.293. The zero-order chi connectivity index (χ0) is 24.8. The molecule has 184 valence electrons. The van der Waals surface area contributed by atoms with Crippen molar-refractivity contribution in [3.63, 3.8) is 0 Å². The second-order valence-electron chi connectivity index (χ2n) is 9.44. The van der Waals surface area contributed by atoms with Crippen molar-refractivity contribution in [1.29, 1.82) is 0 Å². The molecule has 1 aromatic heterocycles. The predicted octanol–water partition coefficient (Wildman–Crippen LogP) is 3.25. The number of amides is 1. The molecule has 0 aliphatic carbocycles. The number of carbonyl (C=O) groups is 1. The molecule has 0 saturated carbocycles. The Morgan fingerprint density at radius 2 is 1.74 bits per heavy atom. The number of fused-ring (bicyclic) bond motifs is 1. The van der Waals surface area contributed by atoms with Crippen LogP contribution in [0.25, 0.3) is 11.0 Å². The maximum absolute atomic E-state index is 12.9. The van der Waals surface area contributed by atoms with Crippen LogP contribution in [0, 0.1) is 5.92 Å². The van der Waals surface area contributed by atoms with Gasteiger partial charge >= 0.3 is 11.1 Å². The lowest BCUT2D eigenvalue weighted by atomic mass is 10.0. The largest absolute Gasteiger partial charge is 0.352 e. The van der Waals surface area contributed by atoms with Gasteiger partial charge in [0, 0.05) is 25.2 Å². The van der Waals surface area contributed by atoms with E-state index in [1.54, 1.807) is 18.2 Å². The van der Waals surface area contributed by atoms with Gasteiger partial charge in [-0.05, 0) is 68.1 Å². The molecule has 1 aliphatic rings. The third-order valence-electron chi connectivity index (χ3n) is 6.68. The van der Waals surface area contributed by atoms with Crippen molar-refractivity contribution in [1.82, 2.24) is 19.4 Å².